The molecule has 0 atom stereocenters. The maximum absolute atomic E-state index is 13.1. The van der Waals surface area contributed by atoms with Gasteiger partial charge in [-0.3, -0.25) is 9.48 Å². The van der Waals surface area contributed by atoms with Crippen molar-refractivity contribution in [3.63, 3.8) is 0 Å². The van der Waals surface area contributed by atoms with Crippen molar-refractivity contribution in [3.8, 4) is 0 Å². The number of rotatable bonds is 3. The van der Waals surface area contributed by atoms with E-state index in [1.54, 1.807) is 16.6 Å². The van der Waals surface area contributed by atoms with Crippen LogP contribution in [0.15, 0.2) is 24.3 Å². The van der Waals surface area contributed by atoms with Gasteiger partial charge in [0.15, 0.2) is 0 Å². The summed E-state index contributed by atoms with van der Waals surface area (Å²) in [6, 6.07) is 8.00. The quantitative estimate of drug-likeness (QED) is 0.783. The molecule has 1 saturated heterocycles. The highest BCUT2D eigenvalue weighted by Crippen LogP contribution is 2.26. The molecule has 4 rings (SSSR count). The van der Waals surface area contributed by atoms with Crippen LogP contribution in [-0.4, -0.2) is 51.9 Å². The van der Waals surface area contributed by atoms with Gasteiger partial charge in [0.05, 0.1) is 12.2 Å². The maximum Gasteiger partial charge on any atom is 0.410 e. The molecule has 1 N–H and O–H groups in total. The van der Waals surface area contributed by atoms with E-state index in [0.717, 1.165) is 30.0 Å². The first-order valence-corrected chi connectivity index (χ1v) is 11.4. The van der Waals surface area contributed by atoms with Crippen molar-refractivity contribution in [1.82, 2.24) is 14.7 Å². The summed E-state index contributed by atoms with van der Waals surface area (Å²) in [5, 5.41) is 7.52. The molecule has 3 heterocycles. The highest BCUT2D eigenvalue weighted by atomic mass is 16.6. The molecule has 2 aromatic rings. The third-order valence-electron chi connectivity index (χ3n) is 5.91. The second kappa shape index (κ2) is 8.84. The minimum atomic E-state index is -0.563. The number of piperidine rings is 1. The van der Waals surface area contributed by atoms with Crippen molar-refractivity contribution in [2.45, 2.75) is 58.6 Å². The van der Waals surface area contributed by atoms with Crippen molar-refractivity contribution in [1.29, 1.82) is 0 Å². The van der Waals surface area contributed by atoms with Gasteiger partial charge in [0.1, 0.15) is 11.3 Å². The summed E-state index contributed by atoms with van der Waals surface area (Å²) >= 11 is 0. The fourth-order valence-corrected chi connectivity index (χ4v) is 4.37. The first kappa shape index (κ1) is 22.2. The Bertz CT molecular complexity index is 984. The number of nitrogens with zero attached hydrogens (tertiary/aromatic N) is 4. The largest absolute Gasteiger partial charge is 0.444 e. The van der Waals surface area contributed by atoms with E-state index >= 15 is 0 Å². The number of carbonyl (C=O) groups excluding carboxylic acids is 2. The number of nitrogens with one attached hydrogen (secondary N) is 1. The molecule has 0 aliphatic carbocycles. The van der Waals surface area contributed by atoms with Crippen LogP contribution in [-0.2, 0) is 24.8 Å². The summed E-state index contributed by atoms with van der Waals surface area (Å²) in [4.78, 5) is 29.7. The molecule has 1 fully saturated rings. The number of aryl methyl sites for hydroxylation is 1. The zero-order chi connectivity index (χ0) is 22.9. The fourth-order valence-electron chi connectivity index (χ4n) is 4.37. The maximum atomic E-state index is 13.1. The lowest BCUT2D eigenvalue weighted by Gasteiger charge is -2.30. The lowest BCUT2D eigenvalue weighted by atomic mass is 10.1. The Morgan fingerprint density at radius 3 is 2.38 bits per heavy atom. The zero-order valence-corrected chi connectivity index (χ0v) is 19.5. The van der Waals surface area contributed by atoms with E-state index < -0.39 is 5.60 Å². The predicted molar refractivity (Wildman–Crippen MR) is 124 cm³/mol. The molecular formula is C24H33N5O3. The number of aromatic nitrogens is 2. The van der Waals surface area contributed by atoms with Gasteiger partial charge < -0.3 is 19.9 Å². The summed E-state index contributed by atoms with van der Waals surface area (Å²) in [7, 11) is 1.77. The van der Waals surface area contributed by atoms with Gasteiger partial charge in [-0.2, -0.15) is 5.10 Å². The Hall–Kier alpha value is -3.03. The van der Waals surface area contributed by atoms with Crippen LogP contribution in [0.3, 0.4) is 0 Å². The molecule has 0 unspecified atom stereocenters. The third-order valence-corrected chi connectivity index (χ3v) is 5.91. The van der Waals surface area contributed by atoms with Gasteiger partial charge in [-0.15, -0.1) is 0 Å². The highest BCUT2D eigenvalue weighted by molar-refractivity contribution is 6.04. The summed E-state index contributed by atoms with van der Waals surface area (Å²) < 4.78 is 7.12. The zero-order valence-electron chi connectivity index (χ0n) is 19.5. The van der Waals surface area contributed by atoms with E-state index in [0.29, 0.717) is 25.2 Å². The molecule has 1 aromatic heterocycles. The number of anilines is 2. The lowest BCUT2D eigenvalue weighted by Crippen LogP contribution is -2.40. The van der Waals surface area contributed by atoms with Crippen LogP contribution < -0.4 is 10.2 Å². The van der Waals surface area contributed by atoms with Gasteiger partial charge in [-0.1, -0.05) is 0 Å². The highest BCUT2D eigenvalue weighted by Gasteiger charge is 2.31. The smallest absolute Gasteiger partial charge is 0.410 e. The standard InChI is InChI=1S/C24H33N5O3/c1-24(2,3)32-23(31)29-15-12-20-19(16-29)21(27(4)26-20)22(30)25-17-8-10-18(11-9-17)28-13-6-5-7-14-28/h8-11H,5-7,12-16H2,1-4H3,(H,25,30). The summed E-state index contributed by atoms with van der Waals surface area (Å²) in [5.74, 6) is -0.224. The molecule has 2 amide bonds. The van der Waals surface area contributed by atoms with Gasteiger partial charge in [0, 0.05) is 50.0 Å². The fraction of sp³-hybridized carbons (Fsp3) is 0.542. The SMILES string of the molecule is Cn1nc2c(c1C(=O)Nc1ccc(N3CCCCC3)cc1)CN(C(=O)OC(C)(C)C)CC2. The van der Waals surface area contributed by atoms with Gasteiger partial charge in [0.2, 0.25) is 0 Å². The molecule has 0 bridgehead atoms. The second-order valence-corrected chi connectivity index (χ2v) is 9.60. The number of hydrogen-bond donors (Lipinski definition) is 1. The van der Waals surface area contributed by atoms with Crippen LogP contribution in [0.1, 0.15) is 61.8 Å². The van der Waals surface area contributed by atoms with Crippen molar-refractivity contribution >= 4 is 23.4 Å². The van der Waals surface area contributed by atoms with E-state index in [4.69, 9.17) is 4.74 Å². The van der Waals surface area contributed by atoms with Crippen LogP contribution in [0.2, 0.25) is 0 Å². The van der Waals surface area contributed by atoms with E-state index in [9.17, 15) is 9.59 Å². The molecule has 32 heavy (non-hydrogen) atoms. The molecule has 8 nitrogen and oxygen atoms in total. The van der Waals surface area contributed by atoms with E-state index in [1.165, 1.54) is 24.9 Å². The van der Waals surface area contributed by atoms with Crippen LogP contribution in [0.25, 0.3) is 0 Å². The van der Waals surface area contributed by atoms with Crippen LogP contribution >= 0.6 is 0 Å². The van der Waals surface area contributed by atoms with Gasteiger partial charge in [-0.05, 0) is 64.3 Å². The third kappa shape index (κ3) is 4.89. The first-order chi connectivity index (χ1) is 15.2. The molecule has 2 aliphatic heterocycles. The molecular weight excluding hydrogens is 406 g/mol. The summed E-state index contributed by atoms with van der Waals surface area (Å²) in [6.45, 7) is 8.55. The molecule has 1 aromatic carbocycles. The van der Waals surface area contributed by atoms with Gasteiger partial charge >= 0.3 is 6.09 Å². The van der Waals surface area contributed by atoms with Crippen molar-refractivity contribution in [2.75, 3.05) is 29.9 Å². The Morgan fingerprint density at radius 1 is 1.03 bits per heavy atom. The molecule has 2 aliphatic rings. The van der Waals surface area contributed by atoms with E-state index in [-0.39, 0.29) is 12.0 Å². The topological polar surface area (TPSA) is 79.7 Å². The molecule has 172 valence electrons. The molecule has 0 saturated carbocycles. The number of ether oxygens (including phenoxy) is 1. The van der Waals surface area contributed by atoms with E-state index in [1.807, 2.05) is 32.9 Å². The molecule has 8 heteroatoms. The normalized spacial score (nSPS) is 16.5. The predicted octanol–water partition coefficient (Wildman–Crippen LogP) is 3.96. The molecule has 0 spiro atoms. The number of fused-ring (bicyclic) bond motifs is 1. The van der Waals surface area contributed by atoms with Crippen molar-refractivity contribution in [2.24, 2.45) is 7.05 Å². The van der Waals surface area contributed by atoms with Gasteiger partial charge in [-0.25, -0.2) is 4.79 Å². The Balaban J connectivity index is 1.47. The minimum absolute atomic E-state index is 0.224. The molecule has 0 radical (unpaired) electrons. The monoisotopic (exact) mass is 439 g/mol. The number of carbonyl (C=O) groups is 2. The van der Waals surface area contributed by atoms with Crippen LogP contribution in [0.5, 0.6) is 0 Å². The minimum Gasteiger partial charge on any atom is -0.444 e. The Labute approximate surface area is 189 Å². The van der Waals surface area contributed by atoms with Crippen molar-refractivity contribution in [3.05, 3.63) is 41.2 Å². The second-order valence-electron chi connectivity index (χ2n) is 9.60. The summed E-state index contributed by atoms with van der Waals surface area (Å²) in [6.07, 6.45) is 3.98. The Morgan fingerprint density at radius 2 is 1.72 bits per heavy atom. The first-order valence-electron chi connectivity index (χ1n) is 11.4. The number of hydrogen-bond acceptors (Lipinski definition) is 5. The van der Waals surface area contributed by atoms with Crippen LogP contribution in [0.4, 0.5) is 16.2 Å². The van der Waals surface area contributed by atoms with Crippen molar-refractivity contribution < 1.29 is 14.3 Å². The number of benzene rings is 1. The summed E-state index contributed by atoms with van der Waals surface area (Å²) in [5.41, 5.74) is 3.49. The van der Waals surface area contributed by atoms with E-state index in [2.05, 4.69) is 27.4 Å². The van der Waals surface area contributed by atoms with Crippen LogP contribution in [0, 0.1) is 0 Å². The average molecular weight is 440 g/mol. The average Bonchev–Trinajstić information content (AvgIpc) is 3.08. The lowest BCUT2D eigenvalue weighted by molar-refractivity contribution is 0.0222. The van der Waals surface area contributed by atoms with Gasteiger partial charge in [0.25, 0.3) is 5.91 Å². The number of amides is 2. The Kier molecular flexibility index (Phi) is 6.13.